The summed E-state index contributed by atoms with van der Waals surface area (Å²) in [7, 11) is 1.38. The normalized spacial score (nSPS) is 22.9. The maximum Gasteiger partial charge on any atom is 0.308 e. The Labute approximate surface area is 110 Å². The molecule has 1 fully saturated rings. The summed E-state index contributed by atoms with van der Waals surface area (Å²) in [6.07, 6.45) is 3.85. The molecular formula is C13H16F2N2O2. The highest BCUT2D eigenvalue weighted by molar-refractivity contribution is 5.72. The number of halogens is 2. The number of anilines is 1. The lowest BCUT2D eigenvalue weighted by atomic mass is 9.86. The number of nitrogens with one attached hydrogen (secondary N) is 1. The number of esters is 1. The van der Waals surface area contributed by atoms with Crippen LogP contribution in [0.3, 0.4) is 0 Å². The average molecular weight is 270 g/mol. The van der Waals surface area contributed by atoms with Gasteiger partial charge in [-0.1, -0.05) is 0 Å². The number of rotatable bonds is 3. The number of hydrogen-bond donors (Lipinski definition) is 1. The van der Waals surface area contributed by atoms with Crippen LogP contribution in [0.15, 0.2) is 12.3 Å². The van der Waals surface area contributed by atoms with Crippen molar-refractivity contribution in [3.05, 3.63) is 23.9 Å². The third-order valence-corrected chi connectivity index (χ3v) is 3.41. The Morgan fingerprint density at radius 2 is 2.05 bits per heavy atom. The monoisotopic (exact) mass is 270 g/mol. The molecule has 19 heavy (non-hydrogen) atoms. The lowest BCUT2D eigenvalue weighted by Crippen LogP contribution is -2.30. The molecule has 1 aliphatic rings. The van der Waals surface area contributed by atoms with Gasteiger partial charge >= 0.3 is 5.97 Å². The van der Waals surface area contributed by atoms with Gasteiger partial charge in [-0.2, -0.15) is 0 Å². The lowest BCUT2D eigenvalue weighted by molar-refractivity contribution is -0.146. The molecule has 6 heteroatoms. The van der Waals surface area contributed by atoms with Gasteiger partial charge in [-0.3, -0.25) is 4.79 Å². The van der Waals surface area contributed by atoms with Gasteiger partial charge in [0.25, 0.3) is 0 Å². The molecule has 0 unspecified atom stereocenters. The van der Waals surface area contributed by atoms with Crippen molar-refractivity contribution in [1.29, 1.82) is 0 Å². The van der Waals surface area contributed by atoms with E-state index in [1.54, 1.807) is 0 Å². The molecule has 1 saturated carbocycles. The van der Waals surface area contributed by atoms with Crippen LogP contribution in [0.2, 0.25) is 0 Å². The summed E-state index contributed by atoms with van der Waals surface area (Å²) in [6.45, 7) is 0. The topological polar surface area (TPSA) is 51.2 Å². The summed E-state index contributed by atoms with van der Waals surface area (Å²) in [5, 5.41) is 2.95. The van der Waals surface area contributed by atoms with Crippen molar-refractivity contribution >= 4 is 11.8 Å². The van der Waals surface area contributed by atoms with Gasteiger partial charge in [-0.05, 0) is 25.7 Å². The van der Waals surface area contributed by atoms with Crippen LogP contribution < -0.4 is 5.32 Å². The molecule has 1 N–H and O–H groups in total. The molecule has 0 saturated heterocycles. The number of carbonyl (C=O) groups excluding carboxylic acids is 1. The van der Waals surface area contributed by atoms with Crippen molar-refractivity contribution in [1.82, 2.24) is 4.98 Å². The maximum atomic E-state index is 13.4. The molecule has 0 spiro atoms. The molecular weight excluding hydrogens is 254 g/mol. The van der Waals surface area contributed by atoms with Crippen LogP contribution in [0.4, 0.5) is 14.6 Å². The minimum absolute atomic E-state index is 0.0494. The predicted octanol–water partition coefficient (Wildman–Crippen LogP) is 2.50. The fraction of sp³-hybridized carbons (Fsp3) is 0.538. The van der Waals surface area contributed by atoms with E-state index in [0.717, 1.165) is 25.1 Å². The zero-order chi connectivity index (χ0) is 13.8. The summed E-state index contributed by atoms with van der Waals surface area (Å²) in [6, 6.07) is 0.850. The highest BCUT2D eigenvalue weighted by Gasteiger charge is 2.27. The van der Waals surface area contributed by atoms with Crippen molar-refractivity contribution in [2.75, 3.05) is 12.4 Å². The number of nitrogens with zero attached hydrogens (tertiary/aromatic N) is 1. The number of carbonyl (C=O) groups is 1. The standard InChI is InChI=1S/C13H16F2N2O2/c1-19-13(18)8-2-4-10(5-3-8)17-12-11(15)6-9(14)7-16-12/h6-8,10H,2-5H2,1H3,(H,16,17). The Balaban J connectivity index is 1.90. The largest absolute Gasteiger partial charge is 0.469 e. The molecule has 104 valence electrons. The van der Waals surface area contributed by atoms with Gasteiger partial charge in [0.15, 0.2) is 11.6 Å². The summed E-state index contributed by atoms with van der Waals surface area (Å²) < 4.78 is 30.9. The van der Waals surface area contributed by atoms with Crippen molar-refractivity contribution < 1.29 is 18.3 Å². The Morgan fingerprint density at radius 1 is 1.37 bits per heavy atom. The van der Waals surface area contributed by atoms with E-state index in [4.69, 9.17) is 4.74 Å². The number of pyridine rings is 1. The summed E-state index contributed by atoms with van der Waals surface area (Å²) in [5.41, 5.74) is 0. The van der Waals surface area contributed by atoms with E-state index >= 15 is 0 Å². The van der Waals surface area contributed by atoms with Gasteiger partial charge in [-0.25, -0.2) is 13.8 Å². The van der Waals surface area contributed by atoms with E-state index in [2.05, 4.69) is 10.3 Å². The van der Waals surface area contributed by atoms with E-state index in [1.165, 1.54) is 7.11 Å². The van der Waals surface area contributed by atoms with Crippen molar-refractivity contribution in [3.8, 4) is 0 Å². The Bertz CT molecular complexity index is 460. The summed E-state index contributed by atoms with van der Waals surface area (Å²) >= 11 is 0. The van der Waals surface area contributed by atoms with Crippen LogP contribution >= 0.6 is 0 Å². The smallest absolute Gasteiger partial charge is 0.308 e. The second-order valence-corrected chi connectivity index (χ2v) is 4.70. The van der Waals surface area contributed by atoms with E-state index in [1.807, 2.05) is 0 Å². The predicted molar refractivity (Wildman–Crippen MR) is 65.5 cm³/mol. The first-order valence-electron chi connectivity index (χ1n) is 6.25. The van der Waals surface area contributed by atoms with Crippen LogP contribution in [0.5, 0.6) is 0 Å². The maximum absolute atomic E-state index is 13.4. The quantitative estimate of drug-likeness (QED) is 0.857. The molecule has 0 amide bonds. The molecule has 0 bridgehead atoms. The number of ether oxygens (including phenoxy) is 1. The molecule has 0 atom stereocenters. The van der Waals surface area contributed by atoms with Gasteiger partial charge in [0.1, 0.15) is 5.82 Å². The molecule has 1 aromatic rings. The van der Waals surface area contributed by atoms with Gasteiger partial charge in [0.2, 0.25) is 0 Å². The Hall–Kier alpha value is -1.72. The molecule has 0 radical (unpaired) electrons. The first-order valence-corrected chi connectivity index (χ1v) is 6.25. The van der Waals surface area contributed by atoms with Crippen LogP contribution in [-0.2, 0) is 9.53 Å². The number of aromatic nitrogens is 1. The third-order valence-electron chi connectivity index (χ3n) is 3.41. The molecule has 4 nitrogen and oxygen atoms in total. The Kier molecular flexibility index (Phi) is 4.29. The zero-order valence-corrected chi connectivity index (χ0v) is 10.7. The minimum Gasteiger partial charge on any atom is -0.469 e. The molecule has 2 rings (SSSR count). The summed E-state index contributed by atoms with van der Waals surface area (Å²) in [5.74, 6) is -1.60. The Morgan fingerprint density at radius 3 is 2.63 bits per heavy atom. The lowest BCUT2D eigenvalue weighted by Gasteiger charge is -2.27. The van der Waals surface area contributed by atoms with E-state index in [-0.39, 0.29) is 23.7 Å². The van der Waals surface area contributed by atoms with Crippen LogP contribution in [0.25, 0.3) is 0 Å². The van der Waals surface area contributed by atoms with Crippen LogP contribution in [0.1, 0.15) is 25.7 Å². The fourth-order valence-corrected chi connectivity index (χ4v) is 2.35. The van der Waals surface area contributed by atoms with Crippen molar-refractivity contribution in [2.24, 2.45) is 5.92 Å². The zero-order valence-electron chi connectivity index (χ0n) is 10.7. The van der Waals surface area contributed by atoms with E-state index < -0.39 is 11.6 Å². The SMILES string of the molecule is COC(=O)C1CCC(Nc2ncc(F)cc2F)CC1. The van der Waals surface area contributed by atoms with E-state index in [9.17, 15) is 13.6 Å². The van der Waals surface area contributed by atoms with Gasteiger partial charge in [0.05, 0.1) is 19.2 Å². The molecule has 1 aromatic heterocycles. The second kappa shape index (κ2) is 5.95. The van der Waals surface area contributed by atoms with Gasteiger partial charge in [0, 0.05) is 12.1 Å². The fourth-order valence-electron chi connectivity index (χ4n) is 2.35. The summed E-state index contributed by atoms with van der Waals surface area (Å²) in [4.78, 5) is 15.1. The molecule has 0 aromatic carbocycles. The highest BCUT2D eigenvalue weighted by Crippen LogP contribution is 2.27. The first kappa shape index (κ1) is 13.7. The van der Waals surface area contributed by atoms with Gasteiger partial charge < -0.3 is 10.1 Å². The number of hydrogen-bond acceptors (Lipinski definition) is 4. The molecule has 1 aliphatic carbocycles. The average Bonchev–Trinajstić information content (AvgIpc) is 2.42. The van der Waals surface area contributed by atoms with E-state index in [0.29, 0.717) is 12.8 Å². The highest BCUT2D eigenvalue weighted by atomic mass is 19.1. The molecule has 0 aliphatic heterocycles. The minimum atomic E-state index is -0.699. The van der Waals surface area contributed by atoms with Crippen molar-refractivity contribution in [2.45, 2.75) is 31.7 Å². The van der Waals surface area contributed by atoms with Gasteiger partial charge in [-0.15, -0.1) is 0 Å². The second-order valence-electron chi connectivity index (χ2n) is 4.70. The van der Waals surface area contributed by atoms with Crippen LogP contribution in [0, 0.1) is 17.6 Å². The first-order chi connectivity index (χ1) is 9.10. The van der Waals surface area contributed by atoms with Crippen LogP contribution in [-0.4, -0.2) is 24.1 Å². The van der Waals surface area contributed by atoms with Crippen molar-refractivity contribution in [3.63, 3.8) is 0 Å². The number of methoxy groups -OCH3 is 1. The molecule has 1 heterocycles. The third kappa shape index (κ3) is 3.39.